The van der Waals surface area contributed by atoms with Gasteiger partial charge in [-0.25, -0.2) is 9.97 Å². The Hall–Kier alpha value is -2.76. The highest BCUT2D eigenvalue weighted by Gasteiger charge is 2.24. The van der Waals surface area contributed by atoms with E-state index < -0.39 is 0 Å². The number of allylic oxidation sites excluding steroid dienone is 1. The molecule has 2 aromatic heterocycles. The third kappa shape index (κ3) is 4.21. The number of rotatable bonds is 5. The maximum atomic E-state index is 11.8. The Morgan fingerprint density at radius 3 is 2.79 bits per heavy atom. The van der Waals surface area contributed by atoms with E-state index in [2.05, 4.69) is 16.4 Å². The number of anilines is 1. The van der Waals surface area contributed by atoms with E-state index in [1.165, 1.54) is 25.7 Å². The summed E-state index contributed by atoms with van der Waals surface area (Å²) in [7, 11) is 0. The summed E-state index contributed by atoms with van der Waals surface area (Å²) >= 11 is 0. The minimum atomic E-state index is 0.0912. The summed E-state index contributed by atoms with van der Waals surface area (Å²) in [5.74, 6) is 1.69. The number of amides is 1. The summed E-state index contributed by atoms with van der Waals surface area (Å²) in [5.41, 5.74) is 4.59. The molecule has 2 aliphatic rings. The predicted octanol–water partition coefficient (Wildman–Crippen LogP) is 3.75. The van der Waals surface area contributed by atoms with Gasteiger partial charge in [0.2, 0.25) is 5.91 Å². The van der Waals surface area contributed by atoms with Gasteiger partial charge >= 0.3 is 0 Å². The lowest BCUT2D eigenvalue weighted by Crippen LogP contribution is -2.35. The highest BCUT2D eigenvalue weighted by molar-refractivity contribution is 5.74. The average molecular weight is 377 g/mol. The Labute approximate surface area is 166 Å². The lowest BCUT2D eigenvalue weighted by molar-refractivity contribution is -0.129. The van der Waals surface area contributed by atoms with E-state index in [4.69, 9.17) is 9.97 Å². The number of pyridine rings is 1. The molecule has 0 atom stereocenters. The molecule has 0 aromatic carbocycles. The Morgan fingerprint density at radius 2 is 2.04 bits per heavy atom. The first-order valence-electron chi connectivity index (χ1n) is 10.2. The van der Waals surface area contributed by atoms with Gasteiger partial charge in [-0.2, -0.15) is 0 Å². The molecule has 0 saturated heterocycles. The maximum absolute atomic E-state index is 11.8. The molecule has 1 amide bonds. The minimum Gasteiger partial charge on any atom is -0.369 e. The first-order valence-corrected chi connectivity index (χ1v) is 10.2. The van der Waals surface area contributed by atoms with E-state index in [-0.39, 0.29) is 5.91 Å². The van der Waals surface area contributed by atoms with E-state index in [1.54, 1.807) is 24.9 Å². The van der Waals surface area contributed by atoms with Crippen molar-refractivity contribution in [3.8, 4) is 11.4 Å². The van der Waals surface area contributed by atoms with Crippen molar-refractivity contribution >= 4 is 11.7 Å². The van der Waals surface area contributed by atoms with Crippen molar-refractivity contribution in [3.63, 3.8) is 0 Å². The molecule has 6 heteroatoms. The van der Waals surface area contributed by atoms with Gasteiger partial charge in [-0.1, -0.05) is 11.6 Å². The summed E-state index contributed by atoms with van der Waals surface area (Å²) < 4.78 is 0. The Balaban J connectivity index is 1.59. The number of aromatic nitrogens is 3. The molecule has 0 spiro atoms. The van der Waals surface area contributed by atoms with E-state index in [0.717, 1.165) is 48.6 Å². The number of carbonyl (C=O) groups is 1. The van der Waals surface area contributed by atoms with E-state index in [9.17, 15) is 4.79 Å². The molecule has 0 fully saturated rings. The second kappa shape index (κ2) is 8.50. The van der Waals surface area contributed by atoms with Gasteiger partial charge in [0, 0.05) is 43.5 Å². The molecule has 0 bridgehead atoms. The molecule has 4 rings (SSSR count). The van der Waals surface area contributed by atoms with Crippen LogP contribution >= 0.6 is 0 Å². The van der Waals surface area contributed by atoms with Gasteiger partial charge in [-0.05, 0) is 50.7 Å². The molecule has 28 heavy (non-hydrogen) atoms. The van der Waals surface area contributed by atoms with Gasteiger partial charge in [-0.3, -0.25) is 9.78 Å². The van der Waals surface area contributed by atoms with Crippen LogP contribution in [-0.4, -0.2) is 38.8 Å². The van der Waals surface area contributed by atoms with Crippen molar-refractivity contribution < 1.29 is 4.79 Å². The molecule has 1 aliphatic heterocycles. The van der Waals surface area contributed by atoms with Gasteiger partial charge in [0.15, 0.2) is 5.82 Å². The fraction of sp³-hybridized carbons (Fsp3) is 0.455. The van der Waals surface area contributed by atoms with E-state index >= 15 is 0 Å². The number of nitrogens with one attached hydrogen (secondary N) is 1. The highest BCUT2D eigenvalue weighted by Crippen LogP contribution is 2.27. The predicted molar refractivity (Wildman–Crippen MR) is 110 cm³/mol. The zero-order chi connectivity index (χ0) is 19.3. The summed E-state index contributed by atoms with van der Waals surface area (Å²) in [6, 6.07) is 3.84. The van der Waals surface area contributed by atoms with Crippen LogP contribution in [-0.2, 0) is 17.8 Å². The van der Waals surface area contributed by atoms with Crippen LogP contribution < -0.4 is 5.32 Å². The van der Waals surface area contributed by atoms with Crippen LogP contribution in [0, 0.1) is 0 Å². The lowest BCUT2D eigenvalue weighted by Gasteiger charge is -2.28. The van der Waals surface area contributed by atoms with Gasteiger partial charge in [0.1, 0.15) is 5.82 Å². The van der Waals surface area contributed by atoms with Gasteiger partial charge in [0.05, 0.1) is 12.2 Å². The van der Waals surface area contributed by atoms with Crippen LogP contribution in [0.4, 0.5) is 5.82 Å². The minimum absolute atomic E-state index is 0.0912. The summed E-state index contributed by atoms with van der Waals surface area (Å²) in [5, 5.41) is 3.56. The van der Waals surface area contributed by atoms with Crippen molar-refractivity contribution in [1.82, 2.24) is 19.9 Å². The molecule has 0 radical (unpaired) electrons. The number of nitrogens with zero attached hydrogens (tertiary/aromatic N) is 4. The van der Waals surface area contributed by atoms with Crippen molar-refractivity contribution in [2.75, 3.05) is 18.4 Å². The molecular weight excluding hydrogens is 350 g/mol. The lowest BCUT2D eigenvalue weighted by atomic mass is 9.97. The summed E-state index contributed by atoms with van der Waals surface area (Å²) in [4.78, 5) is 27.4. The van der Waals surface area contributed by atoms with Crippen LogP contribution in [0.5, 0.6) is 0 Å². The van der Waals surface area contributed by atoms with Crippen molar-refractivity contribution in [2.45, 2.75) is 52.0 Å². The Bertz CT molecular complexity index is 878. The third-order valence-electron chi connectivity index (χ3n) is 5.57. The first kappa shape index (κ1) is 18.6. The zero-order valence-corrected chi connectivity index (χ0v) is 16.4. The Morgan fingerprint density at radius 1 is 1.18 bits per heavy atom. The zero-order valence-electron chi connectivity index (χ0n) is 16.4. The molecule has 146 valence electrons. The largest absolute Gasteiger partial charge is 0.369 e. The average Bonchev–Trinajstić information content (AvgIpc) is 2.74. The van der Waals surface area contributed by atoms with Crippen molar-refractivity contribution in [1.29, 1.82) is 0 Å². The standard InChI is InChI=1S/C22H27N5O/c1-16(28)27-14-10-19-20(15-27)25-21(18-8-11-23-12-9-18)26-22(19)24-13-7-17-5-3-2-4-6-17/h5,8-9,11-12H,2-4,6-7,10,13-15H2,1H3,(H,24,25,26). The highest BCUT2D eigenvalue weighted by atomic mass is 16.2. The van der Waals surface area contributed by atoms with Crippen molar-refractivity contribution in [2.24, 2.45) is 0 Å². The molecule has 0 saturated carbocycles. The van der Waals surface area contributed by atoms with Crippen LogP contribution in [0.3, 0.4) is 0 Å². The van der Waals surface area contributed by atoms with Crippen molar-refractivity contribution in [3.05, 3.63) is 47.4 Å². The van der Waals surface area contributed by atoms with Gasteiger partial charge in [-0.15, -0.1) is 0 Å². The second-order valence-corrected chi connectivity index (χ2v) is 7.53. The normalized spacial score (nSPS) is 16.3. The monoisotopic (exact) mass is 377 g/mol. The topological polar surface area (TPSA) is 71.0 Å². The number of hydrogen-bond acceptors (Lipinski definition) is 5. The number of fused-ring (bicyclic) bond motifs is 1. The summed E-state index contributed by atoms with van der Waals surface area (Å²) in [6.07, 6.45) is 12.8. The molecule has 1 aliphatic carbocycles. The molecule has 1 N–H and O–H groups in total. The fourth-order valence-electron chi connectivity index (χ4n) is 3.95. The van der Waals surface area contributed by atoms with Gasteiger partial charge < -0.3 is 10.2 Å². The molecule has 2 aromatic rings. The van der Waals surface area contributed by atoms with Crippen LogP contribution in [0.25, 0.3) is 11.4 Å². The number of carbonyl (C=O) groups excluding carboxylic acids is 1. The summed E-state index contributed by atoms with van der Waals surface area (Å²) in [6.45, 7) is 3.76. The molecule has 0 unspecified atom stereocenters. The van der Waals surface area contributed by atoms with Crippen LogP contribution in [0.2, 0.25) is 0 Å². The molecular formula is C22H27N5O. The fourth-order valence-corrected chi connectivity index (χ4v) is 3.95. The Kier molecular flexibility index (Phi) is 5.65. The molecule has 6 nitrogen and oxygen atoms in total. The SMILES string of the molecule is CC(=O)N1CCc2c(nc(-c3ccncc3)nc2NCCC2=CCCCC2)C1. The second-order valence-electron chi connectivity index (χ2n) is 7.53. The number of hydrogen-bond donors (Lipinski definition) is 1. The van der Waals surface area contributed by atoms with Crippen LogP contribution in [0.15, 0.2) is 36.2 Å². The molecule has 3 heterocycles. The van der Waals surface area contributed by atoms with E-state index in [1.807, 2.05) is 17.0 Å². The smallest absolute Gasteiger partial charge is 0.219 e. The third-order valence-corrected chi connectivity index (χ3v) is 5.57. The van der Waals surface area contributed by atoms with Crippen LogP contribution in [0.1, 0.15) is 50.3 Å². The quantitative estimate of drug-likeness (QED) is 0.804. The first-order chi connectivity index (χ1) is 13.7. The maximum Gasteiger partial charge on any atom is 0.219 e. The van der Waals surface area contributed by atoms with E-state index in [0.29, 0.717) is 12.4 Å². The van der Waals surface area contributed by atoms with Gasteiger partial charge in [0.25, 0.3) is 0 Å².